The van der Waals surface area contributed by atoms with Crippen molar-refractivity contribution in [3.05, 3.63) is 83.1 Å². The van der Waals surface area contributed by atoms with Gasteiger partial charge in [0.2, 0.25) is 0 Å². The summed E-state index contributed by atoms with van der Waals surface area (Å²) in [4.78, 5) is 6.19. The van der Waals surface area contributed by atoms with Crippen molar-refractivity contribution in [3.8, 4) is 0 Å². The van der Waals surface area contributed by atoms with E-state index in [0.717, 1.165) is 42.7 Å². The third-order valence-corrected chi connectivity index (χ3v) is 7.13. The van der Waals surface area contributed by atoms with Gasteiger partial charge in [0.05, 0.1) is 21.7 Å². The molecule has 0 spiro atoms. The van der Waals surface area contributed by atoms with Gasteiger partial charge in [0.15, 0.2) is 0 Å². The van der Waals surface area contributed by atoms with Crippen molar-refractivity contribution >= 4 is 37.5 Å². The maximum atomic E-state index is 10.5. The fourth-order valence-corrected chi connectivity index (χ4v) is 4.29. The molecule has 0 bridgehead atoms. The molecule has 1 aliphatic rings. The number of piperidine rings is 1. The van der Waals surface area contributed by atoms with Crippen LogP contribution in [0.4, 0.5) is 5.69 Å². The summed E-state index contributed by atoms with van der Waals surface area (Å²) in [6.45, 7) is 5.67. The van der Waals surface area contributed by atoms with E-state index in [2.05, 4.69) is 9.88 Å². The molecule has 0 amide bonds. The van der Waals surface area contributed by atoms with Gasteiger partial charge in [-0.05, 0) is 63.1 Å². The number of halogens is 1. The predicted octanol–water partition coefficient (Wildman–Crippen LogP) is 4.15. The van der Waals surface area contributed by atoms with Gasteiger partial charge >= 0.3 is 0 Å². The summed E-state index contributed by atoms with van der Waals surface area (Å²) in [5, 5.41) is 0.537. The largest absolute Gasteiger partial charge is 0.369 e. The van der Waals surface area contributed by atoms with Crippen LogP contribution >= 0.6 is 11.6 Å². The van der Waals surface area contributed by atoms with Crippen LogP contribution in [-0.2, 0) is 20.2 Å². The minimum Gasteiger partial charge on any atom is -0.369 e. The van der Waals surface area contributed by atoms with Crippen molar-refractivity contribution in [2.75, 3.05) is 18.0 Å². The van der Waals surface area contributed by atoms with Gasteiger partial charge in [-0.1, -0.05) is 47.0 Å². The summed E-state index contributed by atoms with van der Waals surface area (Å²) < 4.78 is 59.1. The third-order valence-electron chi connectivity index (χ3n) is 5.17. The second-order valence-electron chi connectivity index (χ2n) is 8.26. The molecule has 3 aromatic rings. The monoisotopic (exact) mass is 555 g/mol. The fraction of sp³-hybridized carbons (Fsp3) is 0.292. The van der Waals surface area contributed by atoms with Gasteiger partial charge in [0, 0.05) is 19.1 Å². The minimum atomic E-state index is -4.02. The second kappa shape index (κ2) is 13.1. The van der Waals surface area contributed by atoms with Gasteiger partial charge < -0.3 is 10.6 Å². The van der Waals surface area contributed by atoms with Crippen molar-refractivity contribution < 1.29 is 25.9 Å². The van der Waals surface area contributed by atoms with Crippen LogP contribution in [0.3, 0.4) is 0 Å². The lowest BCUT2D eigenvalue weighted by Gasteiger charge is -2.32. The Morgan fingerprint density at radius 1 is 0.861 bits per heavy atom. The molecule has 0 aliphatic carbocycles. The average Bonchev–Trinajstić information content (AvgIpc) is 2.80. The zero-order valence-electron chi connectivity index (χ0n) is 20.0. The Balaban J connectivity index is 0.000000193. The van der Waals surface area contributed by atoms with E-state index in [-0.39, 0.29) is 9.79 Å². The standard InChI is InChI=1S/C10H14ClN3.2C7H8O3S/c11-10-4-3-9(6-13-10)14-5-1-2-8(12)7-14;2*1-6-2-4-7(5-3-6)11(8,9)10/h3-4,6,8H,1-2,5,7,12H2;2*2-5H,1H3,(H,8,9,10)/t8-;;/m1../s1. The van der Waals surface area contributed by atoms with E-state index in [1.165, 1.54) is 24.3 Å². The molecule has 9 nitrogen and oxygen atoms in total. The topological polar surface area (TPSA) is 151 Å². The summed E-state index contributed by atoms with van der Waals surface area (Å²) in [6.07, 6.45) is 4.09. The van der Waals surface area contributed by atoms with E-state index in [0.29, 0.717) is 11.2 Å². The quantitative estimate of drug-likeness (QED) is 0.320. The number of nitrogens with zero attached hydrogens (tertiary/aromatic N) is 2. The second-order valence-corrected chi connectivity index (χ2v) is 11.5. The zero-order valence-corrected chi connectivity index (χ0v) is 22.3. The van der Waals surface area contributed by atoms with Crippen molar-refractivity contribution in [2.24, 2.45) is 5.73 Å². The molecule has 1 fully saturated rings. The molecule has 36 heavy (non-hydrogen) atoms. The number of anilines is 1. The predicted molar refractivity (Wildman–Crippen MR) is 141 cm³/mol. The molecule has 2 heterocycles. The van der Waals surface area contributed by atoms with E-state index in [4.69, 9.17) is 26.4 Å². The first-order chi connectivity index (χ1) is 16.8. The Bertz CT molecular complexity index is 1240. The lowest BCUT2D eigenvalue weighted by molar-refractivity contribution is 0.481. The van der Waals surface area contributed by atoms with Crippen LogP contribution in [0.15, 0.2) is 76.7 Å². The zero-order chi connectivity index (χ0) is 26.9. The first kappa shape index (κ1) is 29.7. The van der Waals surface area contributed by atoms with Crippen LogP contribution in [0.25, 0.3) is 0 Å². The molecule has 1 atom stereocenters. The van der Waals surface area contributed by atoms with E-state index in [1.807, 2.05) is 26.0 Å². The molecule has 1 aliphatic heterocycles. The van der Waals surface area contributed by atoms with Crippen LogP contribution in [0.1, 0.15) is 24.0 Å². The number of hydrogen-bond acceptors (Lipinski definition) is 7. The van der Waals surface area contributed by atoms with Crippen LogP contribution in [-0.4, -0.2) is 50.1 Å². The molecule has 1 aromatic heterocycles. The van der Waals surface area contributed by atoms with Crippen LogP contribution in [0.5, 0.6) is 0 Å². The van der Waals surface area contributed by atoms with Gasteiger partial charge in [-0.2, -0.15) is 16.8 Å². The van der Waals surface area contributed by atoms with E-state index in [9.17, 15) is 16.8 Å². The number of pyridine rings is 1. The highest BCUT2D eigenvalue weighted by atomic mass is 35.5. The van der Waals surface area contributed by atoms with Crippen molar-refractivity contribution in [1.82, 2.24) is 4.98 Å². The molecule has 2 aromatic carbocycles. The number of benzene rings is 2. The van der Waals surface area contributed by atoms with Crippen LogP contribution in [0.2, 0.25) is 5.15 Å². The molecule has 12 heteroatoms. The number of rotatable bonds is 3. The van der Waals surface area contributed by atoms with Gasteiger partial charge in [0.25, 0.3) is 20.2 Å². The maximum Gasteiger partial charge on any atom is 0.294 e. The normalized spacial score (nSPS) is 15.7. The average molecular weight is 556 g/mol. The lowest BCUT2D eigenvalue weighted by Crippen LogP contribution is -2.42. The van der Waals surface area contributed by atoms with E-state index in [1.54, 1.807) is 30.5 Å². The minimum absolute atomic E-state index is 0.0666. The molecule has 196 valence electrons. The fourth-order valence-electron chi connectivity index (χ4n) is 3.22. The smallest absolute Gasteiger partial charge is 0.294 e. The molecule has 4 N–H and O–H groups in total. The number of aromatic nitrogens is 1. The summed E-state index contributed by atoms with van der Waals surface area (Å²) in [5.41, 5.74) is 8.93. The molecule has 0 radical (unpaired) electrons. The third kappa shape index (κ3) is 10.2. The first-order valence-corrected chi connectivity index (χ1v) is 14.2. The van der Waals surface area contributed by atoms with Crippen molar-refractivity contribution in [2.45, 2.75) is 42.5 Å². The Kier molecular flexibility index (Phi) is 10.8. The van der Waals surface area contributed by atoms with E-state index < -0.39 is 20.2 Å². The Morgan fingerprint density at radius 2 is 1.33 bits per heavy atom. The van der Waals surface area contributed by atoms with Gasteiger partial charge in [-0.3, -0.25) is 9.11 Å². The molecule has 0 saturated carbocycles. The first-order valence-electron chi connectivity index (χ1n) is 11.0. The molecular weight excluding hydrogens is 526 g/mol. The molecule has 1 saturated heterocycles. The Morgan fingerprint density at radius 3 is 1.69 bits per heavy atom. The number of aryl methyl sites for hydroxylation is 2. The van der Waals surface area contributed by atoms with Crippen LogP contribution < -0.4 is 10.6 Å². The molecule has 0 unspecified atom stereocenters. The molecular formula is C24H30ClN3O6S2. The molecule has 4 rings (SSSR count). The Hall–Kier alpha value is -2.54. The summed E-state index contributed by atoms with van der Waals surface area (Å²) in [5.74, 6) is 0. The van der Waals surface area contributed by atoms with Gasteiger partial charge in [-0.25, -0.2) is 4.98 Å². The summed E-state index contributed by atoms with van der Waals surface area (Å²) in [6, 6.07) is 16.1. The van der Waals surface area contributed by atoms with Crippen molar-refractivity contribution in [3.63, 3.8) is 0 Å². The highest BCUT2D eigenvalue weighted by Crippen LogP contribution is 2.19. The maximum absolute atomic E-state index is 10.5. The van der Waals surface area contributed by atoms with Gasteiger partial charge in [-0.15, -0.1) is 0 Å². The summed E-state index contributed by atoms with van der Waals surface area (Å²) >= 11 is 5.72. The van der Waals surface area contributed by atoms with Gasteiger partial charge in [0.1, 0.15) is 5.15 Å². The SMILES string of the molecule is Cc1ccc(S(=O)(=O)O)cc1.Cc1ccc(S(=O)(=O)O)cc1.N[C@@H]1CCCN(c2ccc(Cl)nc2)C1. The number of hydrogen-bond donors (Lipinski definition) is 3. The lowest BCUT2D eigenvalue weighted by atomic mass is 10.1. The highest BCUT2D eigenvalue weighted by molar-refractivity contribution is 7.86. The highest BCUT2D eigenvalue weighted by Gasteiger charge is 2.16. The summed E-state index contributed by atoms with van der Waals surface area (Å²) in [7, 11) is -8.04. The van der Waals surface area contributed by atoms with Crippen molar-refractivity contribution in [1.29, 1.82) is 0 Å². The Labute approximate surface area is 217 Å². The van der Waals surface area contributed by atoms with E-state index >= 15 is 0 Å². The number of nitrogens with two attached hydrogens (primary N) is 1. The van der Waals surface area contributed by atoms with Crippen LogP contribution in [0, 0.1) is 13.8 Å².